The predicted molar refractivity (Wildman–Crippen MR) is 114 cm³/mol. The van der Waals surface area contributed by atoms with Crippen molar-refractivity contribution in [2.45, 2.75) is 51.7 Å². The number of anilines is 3. The van der Waals surface area contributed by atoms with Crippen LogP contribution in [0.25, 0.3) is 0 Å². The number of nitriles is 1. The number of carbonyl (C=O) groups excluding carboxylic acids is 2. The van der Waals surface area contributed by atoms with E-state index in [1.165, 1.54) is 4.68 Å². The molecule has 3 rings (SSSR count). The first-order valence-corrected chi connectivity index (χ1v) is 10.3. The van der Waals surface area contributed by atoms with E-state index in [1.54, 1.807) is 29.6 Å². The fourth-order valence-corrected chi connectivity index (χ4v) is 3.44. The van der Waals surface area contributed by atoms with Gasteiger partial charge in [0.15, 0.2) is 0 Å². The molecule has 0 radical (unpaired) electrons. The monoisotopic (exact) mass is 425 g/mol. The van der Waals surface area contributed by atoms with Crippen LogP contribution in [0.3, 0.4) is 0 Å². The Balaban J connectivity index is 1.54. The van der Waals surface area contributed by atoms with Crippen molar-refractivity contribution in [3.8, 4) is 6.07 Å². The largest absolute Gasteiger partial charge is 0.368 e. The molecule has 0 unspecified atom stereocenters. The minimum Gasteiger partial charge on any atom is -0.368 e. The maximum Gasteiger partial charge on any atom is 0.241 e. The van der Waals surface area contributed by atoms with Crippen LogP contribution >= 0.6 is 0 Å². The van der Waals surface area contributed by atoms with E-state index in [0.717, 1.165) is 12.8 Å². The number of rotatable bonds is 9. The lowest BCUT2D eigenvalue weighted by Gasteiger charge is -2.24. The Hall–Kier alpha value is -3.68. The van der Waals surface area contributed by atoms with Crippen molar-refractivity contribution in [1.29, 1.82) is 5.26 Å². The molecule has 1 aliphatic rings. The third-order valence-electron chi connectivity index (χ3n) is 4.75. The van der Waals surface area contributed by atoms with E-state index in [-0.39, 0.29) is 36.9 Å². The van der Waals surface area contributed by atoms with Crippen LogP contribution in [-0.2, 0) is 16.1 Å². The van der Waals surface area contributed by atoms with Crippen molar-refractivity contribution in [2.75, 3.05) is 23.7 Å². The molecule has 0 bridgehead atoms. The van der Waals surface area contributed by atoms with Crippen molar-refractivity contribution in [3.05, 3.63) is 24.7 Å². The Morgan fingerprint density at radius 1 is 1.39 bits per heavy atom. The zero-order chi connectivity index (χ0) is 22.2. The van der Waals surface area contributed by atoms with E-state index in [4.69, 9.17) is 5.26 Å². The molecule has 0 aromatic carbocycles. The highest BCUT2D eigenvalue weighted by molar-refractivity contribution is 5.79. The van der Waals surface area contributed by atoms with Gasteiger partial charge in [0.1, 0.15) is 18.8 Å². The number of likely N-dealkylation sites (tertiary alicyclic amines) is 1. The van der Waals surface area contributed by atoms with E-state index in [2.05, 4.69) is 31.0 Å². The molecule has 1 saturated heterocycles. The second-order valence-electron chi connectivity index (χ2n) is 7.64. The summed E-state index contributed by atoms with van der Waals surface area (Å²) in [6.07, 6.45) is 6.67. The van der Waals surface area contributed by atoms with Crippen LogP contribution in [0.4, 0.5) is 17.5 Å². The van der Waals surface area contributed by atoms with Gasteiger partial charge in [-0.2, -0.15) is 15.3 Å². The lowest BCUT2D eigenvalue weighted by Crippen LogP contribution is -2.39. The van der Waals surface area contributed by atoms with Gasteiger partial charge in [0, 0.05) is 37.6 Å². The molecule has 1 fully saturated rings. The topological polar surface area (TPSA) is 141 Å². The van der Waals surface area contributed by atoms with Crippen molar-refractivity contribution < 1.29 is 9.59 Å². The molecule has 3 N–H and O–H groups in total. The van der Waals surface area contributed by atoms with Crippen LogP contribution in [0.5, 0.6) is 0 Å². The first-order chi connectivity index (χ1) is 14.9. The summed E-state index contributed by atoms with van der Waals surface area (Å²) in [6, 6.07) is 3.79. The second-order valence-corrected chi connectivity index (χ2v) is 7.64. The highest BCUT2D eigenvalue weighted by Crippen LogP contribution is 2.19. The number of nitrogens with zero attached hydrogens (tertiary/aromatic N) is 6. The van der Waals surface area contributed by atoms with Gasteiger partial charge < -0.3 is 20.9 Å². The SMILES string of the molecule is CC(C)NC(=O)Cn1cc(Nc2nccc(NC[C@H]3CCCN3C(=O)CC#N)n2)cn1. The summed E-state index contributed by atoms with van der Waals surface area (Å²) in [7, 11) is 0. The molecule has 0 spiro atoms. The molecule has 31 heavy (non-hydrogen) atoms. The van der Waals surface area contributed by atoms with Crippen LogP contribution in [0.15, 0.2) is 24.7 Å². The highest BCUT2D eigenvalue weighted by Gasteiger charge is 2.28. The Bertz CT molecular complexity index is 950. The summed E-state index contributed by atoms with van der Waals surface area (Å²) < 4.78 is 1.54. The number of hydrogen-bond acceptors (Lipinski definition) is 8. The molecular formula is C20H27N9O2. The minimum absolute atomic E-state index is 0.0439. The van der Waals surface area contributed by atoms with Crippen LogP contribution in [-0.4, -0.2) is 61.6 Å². The Morgan fingerprint density at radius 2 is 2.23 bits per heavy atom. The van der Waals surface area contributed by atoms with Crippen molar-refractivity contribution in [2.24, 2.45) is 0 Å². The van der Waals surface area contributed by atoms with E-state index in [9.17, 15) is 9.59 Å². The third kappa shape index (κ3) is 6.40. The van der Waals surface area contributed by atoms with Gasteiger partial charge in [0.05, 0.1) is 18.0 Å². The lowest BCUT2D eigenvalue weighted by molar-refractivity contribution is -0.130. The Labute approximate surface area is 180 Å². The van der Waals surface area contributed by atoms with E-state index < -0.39 is 0 Å². The maximum absolute atomic E-state index is 12.1. The van der Waals surface area contributed by atoms with Crippen LogP contribution in [0.2, 0.25) is 0 Å². The van der Waals surface area contributed by atoms with Crippen LogP contribution in [0.1, 0.15) is 33.1 Å². The Morgan fingerprint density at radius 3 is 3.00 bits per heavy atom. The van der Waals surface area contributed by atoms with Crippen molar-refractivity contribution in [3.63, 3.8) is 0 Å². The van der Waals surface area contributed by atoms with Gasteiger partial charge >= 0.3 is 0 Å². The molecule has 11 nitrogen and oxygen atoms in total. The summed E-state index contributed by atoms with van der Waals surface area (Å²) in [5.41, 5.74) is 0.665. The smallest absolute Gasteiger partial charge is 0.241 e. The maximum atomic E-state index is 12.1. The summed E-state index contributed by atoms with van der Waals surface area (Å²) in [4.78, 5) is 34.3. The van der Waals surface area contributed by atoms with Crippen LogP contribution < -0.4 is 16.0 Å². The number of carbonyl (C=O) groups is 2. The number of hydrogen-bond donors (Lipinski definition) is 3. The predicted octanol–water partition coefficient (Wildman–Crippen LogP) is 1.26. The molecule has 2 aromatic rings. The fourth-order valence-electron chi connectivity index (χ4n) is 3.44. The van der Waals surface area contributed by atoms with Crippen molar-refractivity contribution in [1.82, 2.24) is 30.0 Å². The van der Waals surface area contributed by atoms with Gasteiger partial charge in [-0.15, -0.1) is 0 Å². The number of nitrogens with one attached hydrogen (secondary N) is 3. The highest BCUT2D eigenvalue weighted by atomic mass is 16.2. The summed E-state index contributed by atoms with van der Waals surface area (Å²) in [5, 5.41) is 22.1. The van der Waals surface area contributed by atoms with Gasteiger partial charge in [0.25, 0.3) is 0 Å². The molecule has 1 atom stereocenters. The molecule has 2 aromatic heterocycles. The molecule has 164 valence electrons. The standard InChI is InChI=1S/C20H27N9O2/c1-14(2)25-18(30)13-28-12-15(10-24-28)26-20-22-8-6-17(27-20)23-11-16-4-3-9-29(16)19(31)5-7-21/h6,8,10,12,14,16H,3-5,9,11,13H2,1-2H3,(H,25,30)(H2,22,23,26,27)/t16-/m1/s1. The fraction of sp³-hybridized carbons (Fsp3) is 0.500. The van der Waals surface area contributed by atoms with Gasteiger partial charge in [-0.05, 0) is 32.8 Å². The zero-order valence-electron chi connectivity index (χ0n) is 17.7. The molecule has 2 amide bonds. The van der Waals surface area contributed by atoms with E-state index in [1.807, 2.05) is 19.9 Å². The van der Waals surface area contributed by atoms with E-state index in [0.29, 0.717) is 30.5 Å². The zero-order valence-corrected chi connectivity index (χ0v) is 17.7. The van der Waals surface area contributed by atoms with Crippen LogP contribution in [0, 0.1) is 11.3 Å². The molecule has 0 saturated carbocycles. The summed E-state index contributed by atoms with van der Waals surface area (Å²) in [5.74, 6) is 0.776. The molecular weight excluding hydrogens is 398 g/mol. The van der Waals surface area contributed by atoms with Crippen molar-refractivity contribution >= 4 is 29.3 Å². The lowest BCUT2D eigenvalue weighted by atomic mass is 10.2. The number of aromatic nitrogens is 4. The quantitative estimate of drug-likeness (QED) is 0.545. The summed E-state index contributed by atoms with van der Waals surface area (Å²) in [6.45, 7) is 5.17. The number of amides is 2. The molecule has 1 aliphatic heterocycles. The molecule has 0 aliphatic carbocycles. The molecule has 11 heteroatoms. The Kier molecular flexibility index (Phi) is 7.37. The second kappa shape index (κ2) is 10.4. The van der Waals surface area contributed by atoms with Gasteiger partial charge in [-0.1, -0.05) is 0 Å². The summed E-state index contributed by atoms with van der Waals surface area (Å²) >= 11 is 0. The van der Waals surface area contributed by atoms with Gasteiger partial charge in [0.2, 0.25) is 17.8 Å². The average Bonchev–Trinajstić information content (AvgIpc) is 3.35. The molecule has 3 heterocycles. The van der Waals surface area contributed by atoms with Gasteiger partial charge in [-0.25, -0.2) is 4.98 Å². The minimum atomic E-state index is -0.129. The third-order valence-corrected chi connectivity index (χ3v) is 4.75. The first-order valence-electron chi connectivity index (χ1n) is 10.3. The van der Waals surface area contributed by atoms with Gasteiger partial charge in [-0.3, -0.25) is 14.3 Å². The normalized spacial score (nSPS) is 15.5. The first kappa shape index (κ1) is 22.0. The van der Waals surface area contributed by atoms with E-state index >= 15 is 0 Å². The average molecular weight is 425 g/mol.